The van der Waals surface area contributed by atoms with E-state index in [1.807, 2.05) is 6.07 Å². The molecule has 154 valence electrons. The summed E-state index contributed by atoms with van der Waals surface area (Å²) in [5, 5.41) is 3.48. The smallest absolute Gasteiger partial charge is 0.339 e. The summed E-state index contributed by atoms with van der Waals surface area (Å²) in [6, 6.07) is 10.7. The molecule has 4 nitrogen and oxygen atoms in total. The Labute approximate surface area is 174 Å². The fourth-order valence-corrected chi connectivity index (χ4v) is 4.95. The summed E-state index contributed by atoms with van der Waals surface area (Å²) in [4.78, 5) is 16.1. The van der Waals surface area contributed by atoms with E-state index < -0.39 is 0 Å². The van der Waals surface area contributed by atoms with Crippen LogP contribution in [0.3, 0.4) is 0 Å². The number of hydrogen-bond acceptors (Lipinski definition) is 4. The van der Waals surface area contributed by atoms with E-state index in [0.29, 0.717) is 17.4 Å². The van der Waals surface area contributed by atoms with Gasteiger partial charge in [-0.1, -0.05) is 44.6 Å². The highest BCUT2D eigenvalue weighted by Gasteiger charge is 2.21. The first-order chi connectivity index (χ1) is 14.2. The maximum absolute atomic E-state index is 11.6. The van der Waals surface area contributed by atoms with Crippen molar-refractivity contribution >= 4 is 17.5 Å². The second-order valence-corrected chi connectivity index (χ2v) is 8.61. The van der Waals surface area contributed by atoms with Gasteiger partial charge in [-0.2, -0.15) is 0 Å². The highest BCUT2D eigenvalue weighted by atomic mass is 16.5. The van der Waals surface area contributed by atoms with E-state index in [2.05, 4.69) is 28.5 Å². The summed E-state index contributed by atoms with van der Waals surface area (Å²) in [5.41, 5.74) is 4.56. The lowest BCUT2D eigenvalue weighted by atomic mass is 9.79. The molecule has 1 aromatic carbocycles. The molecule has 0 spiro atoms. The van der Waals surface area contributed by atoms with E-state index >= 15 is 0 Å². The van der Waals surface area contributed by atoms with Crippen LogP contribution in [0.5, 0.6) is 0 Å². The van der Waals surface area contributed by atoms with Crippen molar-refractivity contribution in [2.24, 2.45) is 0 Å². The third-order valence-corrected chi connectivity index (χ3v) is 6.59. The van der Waals surface area contributed by atoms with E-state index in [1.54, 1.807) is 12.3 Å². The van der Waals surface area contributed by atoms with Crippen molar-refractivity contribution in [3.05, 3.63) is 53.2 Å². The van der Waals surface area contributed by atoms with Crippen LogP contribution >= 0.6 is 0 Å². The van der Waals surface area contributed by atoms with Crippen LogP contribution in [-0.4, -0.2) is 18.1 Å². The Morgan fingerprint density at radius 2 is 1.48 bits per heavy atom. The SMILES string of the molecule is COC(=O)c1ccc(Nc2cc(C3CCCCC3)cc(C3CCCCC3)c2)nc1. The fourth-order valence-electron chi connectivity index (χ4n) is 4.95. The molecule has 29 heavy (non-hydrogen) atoms. The number of methoxy groups -OCH3 is 1. The third-order valence-electron chi connectivity index (χ3n) is 6.59. The van der Waals surface area contributed by atoms with Crippen LogP contribution in [0, 0.1) is 0 Å². The van der Waals surface area contributed by atoms with Gasteiger partial charge in [0.05, 0.1) is 12.7 Å². The molecule has 4 heteroatoms. The number of pyridine rings is 1. The molecular formula is C25H32N2O2. The quantitative estimate of drug-likeness (QED) is 0.575. The molecule has 0 radical (unpaired) electrons. The standard InChI is InChI=1S/C25H32N2O2/c1-29-25(28)20-12-13-24(26-17-20)27-23-15-21(18-8-4-2-5-9-18)14-22(16-23)19-10-6-3-7-11-19/h12-19H,2-11H2,1H3,(H,26,27). The van der Waals surface area contributed by atoms with E-state index in [4.69, 9.17) is 4.74 Å². The van der Waals surface area contributed by atoms with E-state index in [-0.39, 0.29) is 5.97 Å². The Hall–Kier alpha value is -2.36. The molecule has 2 aliphatic rings. The Morgan fingerprint density at radius 1 is 0.897 bits per heavy atom. The molecule has 0 amide bonds. The third kappa shape index (κ3) is 4.98. The maximum atomic E-state index is 11.6. The van der Waals surface area contributed by atoms with Crippen LogP contribution in [-0.2, 0) is 4.74 Å². The number of nitrogens with one attached hydrogen (secondary N) is 1. The Kier molecular flexibility index (Phi) is 6.48. The number of hydrogen-bond donors (Lipinski definition) is 1. The molecule has 4 rings (SSSR count). The molecule has 0 saturated heterocycles. The van der Waals surface area contributed by atoms with Gasteiger partial charge < -0.3 is 10.1 Å². The zero-order valence-corrected chi connectivity index (χ0v) is 17.5. The van der Waals surface area contributed by atoms with Crippen molar-refractivity contribution in [3.63, 3.8) is 0 Å². The van der Waals surface area contributed by atoms with Crippen LogP contribution in [0.1, 0.15) is 97.5 Å². The first-order valence-corrected chi connectivity index (χ1v) is 11.2. The van der Waals surface area contributed by atoms with Crippen molar-refractivity contribution in [1.82, 2.24) is 4.98 Å². The first kappa shape index (κ1) is 19.9. The predicted octanol–water partition coefficient (Wildman–Crippen LogP) is 6.71. The van der Waals surface area contributed by atoms with Crippen LogP contribution in [0.15, 0.2) is 36.5 Å². The number of anilines is 2. The fraction of sp³-hybridized carbons (Fsp3) is 0.520. The summed E-state index contributed by atoms with van der Waals surface area (Å²) in [7, 11) is 1.39. The molecule has 0 unspecified atom stereocenters. The van der Waals surface area contributed by atoms with Gasteiger partial charge in [-0.15, -0.1) is 0 Å². The maximum Gasteiger partial charge on any atom is 0.339 e. The molecule has 1 heterocycles. The summed E-state index contributed by atoms with van der Waals surface area (Å²) in [6.07, 6.45) is 14.9. The highest BCUT2D eigenvalue weighted by molar-refractivity contribution is 5.89. The molecular weight excluding hydrogens is 360 g/mol. The molecule has 1 N–H and O–H groups in total. The monoisotopic (exact) mass is 392 g/mol. The summed E-state index contributed by atoms with van der Waals surface area (Å²) in [5.74, 6) is 1.76. The van der Waals surface area contributed by atoms with Gasteiger partial charge in [-0.25, -0.2) is 9.78 Å². The average Bonchev–Trinajstić information content (AvgIpc) is 2.80. The van der Waals surface area contributed by atoms with Gasteiger partial charge in [0.15, 0.2) is 0 Å². The number of carbonyl (C=O) groups is 1. The Balaban J connectivity index is 1.59. The summed E-state index contributed by atoms with van der Waals surface area (Å²) < 4.78 is 4.76. The van der Waals surface area contributed by atoms with Gasteiger partial charge in [-0.3, -0.25) is 0 Å². The molecule has 2 aliphatic carbocycles. The van der Waals surface area contributed by atoms with Gasteiger partial charge in [0, 0.05) is 11.9 Å². The number of esters is 1. The summed E-state index contributed by atoms with van der Waals surface area (Å²) >= 11 is 0. The van der Waals surface area contributed by atoms with E-state index in [0.717, 1.165) is 11.5 Å². The van der Waals surface area contributed by atoms with Crippen molar-refractivity contribution in [2.45, 2.75) is 76.0 Å². The van der Waals surface area contributed by atoms with Gasteiger partial charge in [0.25, 0.3) is 0 Å². The minimum atomic E-state index is -0.358. The Morgan fingerprint density at radius 3 is 1.97 bits per heavy atom. The van der Waals surface area contributed by atoms with Crippen LogP contribution in [0.25, 0.3) is 0 Å². The molecule has 2 aromatic rings. The van der Waals surface area contributed by atoms with Crippen molar-refractivity contribution < 1.29 is 9.53 Å². The van der Waals surface area contributed by atoms with Crippen LogP contribution in [0.4, 0.5) is 11.5 Å². The molecule has 2 fully saturated rings. The van der Waals surface area contributed by atoms with E-state index in [9.17, 15) is 4.79 Å². The molecule has 0 bridgehead atoms. The first-order valence-electron chi connectivity index (χ1n) is 11.2. The number of ether oxygens (including phenoxy) is 1. The molecule has 0 aliphatic heterocycles. The minimum Gasteiger partial charge on any atom is -0.465 e. The van der Waals surface area contributed by atoms with Crippen molar-refractivity contribution in [1.29, 1.82) is 0 Å². The van der Waals surface area contributed by atoms with Gasteiger partial charge in [-0.05, 0) is 72.9 Å². The zero-order valence-electron chi connectivity index (χ0n) is 17.5. The second-order valence-electron chi connectivity index (χ2n) is 8.61. The van der Waals surface area contributed by atoms with Crippen molar-refractivity contribution in [3.8, 4) is 0 Å². The minimum absolute atomic E-state index is 0.358. The molecule has 2 saturated carbocycles. The second kappa shape index (κ2) is 9.43. The van der Waals surface area contributed by atoms with Gasteiger partial charge in [0.1, 0.15) is 5.82 Å². The number of rotatable bonds is 5. The van der Waals surface area contributed by atoms with Crippen molar-refractivity contribution in [2.75, 3.05) is 12.4 Å². The van der Waals surface area contributed by atoms with Gasteiger partial charge >= 0.3 is 5.97 Å². The summed E-state index contributed by atoms with van der Waals surface area (Å²) in [6.45, 7) is 0. The Bertz CT molecular complexity index is 783. The topological polar surface area (TPSA) is 51.2 Å². The van der Waals surface area contributed by atoms with Crippen LogP contribution in [0.2, 0.25) is 0 Å². The molecule has 0 atom stereocenters. The predicted molar refractivity (Wildman–Crippen MR) is 117 cm³/mol. The van der Waals surface area contributed by atoms with Crippen LogP contribution < -0.4 is 5.32 Å². The number of carbonyl (C=O) groups excluding carboxylic acids is 1. The zero-order chi connectivity index (χ0) is 20.1. The molecule has 1 aromatic heterocycles. The number of aromatic nitrogens is 1. The lowest BCUT2D eigenvalue weighted by Gasteiger charge is -2.27. The van der Waals surface area contributed by atoms with E-state index in [1.165, 1.54) is 82.4 Å². The highest BCUT2D eigenvalue weighted by Crippen LogP contribution is 2.39. The van der Waals surface area contributed by atoms with Gasteiger partial charge in [0.2, 0.25) is 0 Å². The lowest BCUT2D eigenvalue weighted by Crippen LogP contribution is -2.09. The average molecular weight is 393 g/mol. The number of benzene rings is 1. The largest absolute Gasteiger partial charge is 0.465 e. The normalized spacial score (nSPS) is 18.4. The number of nitrogens with zero attached hydrogens (tertiary/aromatic N) is 1. The lowest BCUT2D eigenvalue weighted by molar-refractivity contribution is 0.0600.